The second-order valence-corrected chi connectivity index (χ2v) is 5.91. The van der Waals surface area contributed by atoms with Crippen LogP contribution in [-0.4, -0.2) is 12.5 Å². The molecule has 0 aliphatic heterocycles. The molecule has 1 atom stereocenters. The molecule has 0 spiro atoms. The lowest BCUT2D eigenvalue weighted by Gasteiger charge is -2.12. The van der Waals surface area contributed by atoms with E-state index in [1.54, 1.807) is 30.4 Å². The Kier molecular flexibility index (Phi) is 5.93. The molecule has 0 radical (unpaired) electrons. The van der Waals surface area contributed by atoms with E-state index < -0.39 is 11.6 Å². The number of rotatable bonds is 5. The average Bonchev–Trinajstić information content (AvgIpc) is 2.48. The summed E-state index contributed by atoms with van der Waals surface area (Å²) in [5, 5.41) is 5.11. The summed E-state index contributed by atoms with van der Waals surface area (Å²) in [6.07, 6.45) is 0. The summed E-state index contributed by atoms with van der Waals surface area (Å²) < 4.78 is 26.6. The largest absolute Gasteiger partial charge is 0.332 e. The number of halogens is 4. The van der Waals surface area contributed by atoms with Gasteiger partial charge in [-0.25, -0.2) is 8.78 Å². The third kappa shape index (κ3) is 4.89. The van der Waals surface area contributed by atoms with Crippen LogP contribution in [-0.2, 0) is 4.79 Å². The molecule has 0 heterocycles. The zero-order chi connectivity index (χ0) is 17.0. The highest BCUT2D eigenvalue weighted by Gasteiger charge is 2.16. The van der Waals surface area contributed by atoms with Gasteiger partial charge in [0.1, 0.15) is 17.7 Å². The van der Waals surface area contributed by atoms with E-state index in [0.29, 0.717) is 21.3 Å². The van der Waals surface area contributed by atoms with Crippen molar-refractivity contribution in [3.63, 3.8) is 0 Å². The van der Waals surface area contributed by atoms with Gasteiger partial charge in [0.05, 0.1) is 10.7 Å². The Labute approximate surface area is 142 Å². The van der Waals surface area contributed by atoms with Gasteiger partial charge in [-0.3, -0.25) is 4.79 Å². The Balaban J connectivity index is 1.94. The van der Waals surface area contributed by atoms with E-state index in [9.17, 15) is 13.6 Å². The van der Waals surface area contributed by atoms with Crippen molar-refractivity contribution < 1.29 is 18.9 Å². The summed E-state index contributed by atoms with van der Waals surface area (Å²) in [4.78, 5) is 12.0. The van der Waals surface area contributed by atoms with E-state index in [0.717, 1.165) is 6.07 Å². The predicted molar refractivity (Wildman–Crippen MR) is 86.7 cm³/mol. The zero-order valence-corrected chi connectivity index (χ0v) is 13.8. The van der Waals surface area contributed by atoms with Crippen molar-refractivity contribution in [3.8, 4) is 0 Å². The molecule has 23 heavy (non-hydrogen) atoms. The molecule has 0 saturated carbocycles. The molecular formula is C16H15Cl2F2N2O+. The molecule has 0 bridgehead atoms. The minimum Gasteiger partial charge on any atom is -0.332 e. The zero-order valence-electron chi connectivity index (χ0n) is 12.2. The van der Waals surface area contributed by atoms with Crippen LogP contribution >= 0.6 is 23.2 Å². The molecule has 2 aromatic rings. The lowest BCUT2D eigenvalue weighted by atomic mass is 10.1. The van der Waals surface area contributed by atoms with E-state index in [1.165, 1.54) is 12.1 Å². The summed E-state index contributed by atoms with van der Waals surface area (Å²) in [6, 6.07) is 7.80. The molecule has 7 heteroatoms. The SMILES string of the molecule is C[C@H]([NH2+]CC(=O)Nc1cc(Cl)ccc1Cl)c1ccc(F)cc1F. The van der Waals surface area contributed by atoms with Crippen LogP contribution in [0.3, 0.4) is 0 Å². The lowest BCUT2D eigenvalue weighted by Crippen LogP contribution is -2.86. The van der Waals surface area contributed by atoms with E-state index in [2.05, 4.69) is 5.32 Å². The lowest BCUT2D eigenvalue weighted by molar-refractivity contribution is -0.682. The minimum atomic E-state index is -0.633. The second-order valence-electron chi connectivity index (χ2n) is 5.07. The maximum atomic E-state index is 13.7. The first-order valence-corrected chi connectivity index (χ1v) is 7.65. The van der Waals surface area contributed by atoms with Crippen LogP contribution in [0, 0.1) is 11.6 Å². The van der Waals surface area contributed by atoms with E-state index in [1.807, 2.05) is 0 Å². The minimum absolute atomic E-state index is 0.0564. The van der Waals surface area contributed by atoms with Crippen molar-refractivity contribution in [1.29, 1.82) is 0 Å². The molecule has 3 nitrogen and oxygen atoms in total. The number of carbonyl (C=O) groups excluding carboxylic acids is 1. The van der Waals surface area contributed by atoms with Gasteiger partial charge < -0.3 is 10.6 Å². The van der Waals surface area contributed by atoms with Crippen molar-refractivity contribution in [1.82, 2.24) is 0 Å². The highest BCUT2D eigenvalue weighted by molar-refractivity contribution is 6.35. The highest BCUT2D eigenvalue weighted by Crippen LogP contribution is 2.25. The van der Waals surface area contributed by atoms with Gasteiger partial charge in [-0.1, -0.05) is 23.2 Å². The Morgan fingerprint density at radius 1 is 1.22 bits per heavy atom. The first-order chi connectivity index (χ1) is 10.9. The summed E-state index contributed by atoms with van der Waals surface area (Å²) in [7, 11) is 0. The standard InChI is InChI=1S/C16H14Cl2F2N2O/c1-9(12-4-3-11(19)7-14(12)20)21-8-16(23)22-15-6-10(17)2-5-13(15)18/h2-7,9,21H,8H2,1H3,(H,22,23)/p+1/t9-/m0/s1. The first kappa shape index (κ1) is 17.7. The van der Waals surface area contributed by atoms with Crippen molar-refractivity contribution in [2.45, 2.75) is 13.0 Å². The number of nitrogens with one attached hydrogen (secondary N) is 1. The van der Waals surface area contributed by atoms with Gasteiger partial charge in [-0.2, -0.15) is 0 Å². The third-order valence-corrected chi connectivity index (χ3v) is 3.88. The monoisotopic (exact) mass is 359 g/mol. The molecule has 0 unspecified atom stereocenters. The summed E-state index contributed by atoms with van der Waals surface area (Å²) in [5.41, 5.74) is 0.748. The van der Waals surface area contributed by atoms with Crippen molar-refractivity contribution >= 4 is 34.8 Å². The van der Waals surface area contributed by atoms with Gasteiger partial charge in [-0.05, 0) is 37.3 Å². The number of amides is 1. The fraction of sp³-hybridized carbons (Fsp3) is 0.188. The molecule has 3 N–H and O–H groups in total. The molecular weight excluding hydrogens is 345 g/mol. The van der Waals surface area contributed by atoms with Gasteiger partial charge in [0.2, 0.25) is 0 Å². The van der Waals surface area contributed by atoms with Crippen molar-refractivity contribution in [2.24, 2.45) is 0 Å². The number of quaternary nitrogens is 1. The fourth-order valence-corrected chi connectivity index (χ4v) is 2.41. The molecule has 0 aromatic heterocycles. The summed E-state index contributed by atoms with van der Waals surface area (Å²) in [6.45, 7) is 1.79. The first-order valence-electron chi connectivity index (χ1n) is 6.90. The normalized spacial score (nSPS) is 12.0. The Morgan fingerprint density at radius 2 is 1.96 bits per heavy atom. The van der Waals surface area contributed by atoms with Gasteiger partial charge in [-0.15, -0.1) is 0 Å². The summed E-state index contributed by atoms with van der Waals surface area (Å²) in [5.74, 6) is -1.57. The van der Waals surface area contributed by atoms with Crippen LogP contribution in [0.5, 0.6) is 0 Å². The van der Waals surface area contributed by atoms with Gasteiger partial charge in [0.15, 0.2) is 6.54 Å². The van der Waals surface area contributed by atoms with E-state index in [4.69, 9.17) is 23.2 Å². The second kappa shape index (κ2) is 7.73. The van der Waals surface area contributed by atoms with E-state index in [-0.39, 0.29) is 18.5 Å². The van der Waals surface area contributed by atoms with Crippen molar-refractivity contribution in [2.75, 3.05) is 11.9 Å². The van der Waals surface area contributed by atoms with Crippen LogP contribution < -0.4 is 10.6 Å². The fourth-order valence-electron chi connectivity index (χ4n) is 2.08. The Morgan fingerprint density at radius 3 is 2.65 bits per heavy atom. The number of carbonyl (C=O) groups is 1. The quantitative estimate of drug-likeness (QED) is 0.842. The Bertz CT molecular complexity index is 725. The molecule has 0 aliphatic rings. The van der Waals surface area contributed by atoms with Crippen LogP contribution in [0.2, 0.25) is 10.0 Å². The molecule has 0 saturated heterocycles. The average molecular weight is 360 g/mol. The number of benzene rings is 2. The van der Waals surface area contributed by atoms with Crippen LogP contribution in [0.25, 0.3) is 0 Å². The van der Waals surface area contributed by atoms with Crippen LogP contribution in [0.1, 0.15) is 18.5 Å². The molecule has 1 amide bonds. The molecule has 2 aromatic carbocycles. The number of hydrogen-bond acceptors (Lipinski definition) is 1. The summed E-state index contributed by atoms with van der Waals surface area (Å²) >= 11 is 11.8. The van der Waals surface area contributed by atoms with Gasteiger partial charge in [0, 0.05) is 16.7 Å². The predicted octanol–water partition coefficient (Wildman–Crippen LogP) is 3.53. The van der Waals surface area contributed by atoms with Crippen molar-refractivity contribution in [3.05, 3.63) is 63.6 Å². The number of anilines is 1. The maximum absolute atomic E-state index is 13.7. The van der Waals surface area contributed by atoms with Gasteiger partial charge >= 0.3 is 0 Å². The topological polar surface area (TPSA) is 45.7 Å². The molecule has 0 aliphatic carbocycles. The Hall–Kier alpha value is -1.69. The molecule has 122 valence electrons. The number of nitrogens with two attached hydrogens (primary N) is 1. The highest BCUT2D eigenvalue weighted by atomic mass is 35.5. The third-order valence-electron chi connectivity index (χ3n) is 3.31. The van der Waals surface area contributed by atoms with E-state index >= 15 is 0 Å². The smallest absolute Gasteiger partial charge is 0.279 e. The van der Waals surface area contributed by atoms with Gasteiger partial charge in [0.25, 0.3) is 5.91 Å². The molecule has 0 fully saturated rings. The number of hydrogen-bond donors (Lipinski definition) is 2. The maximum Gasteiger partial charge on any atom is 0.279 e. The molecule has 2 rings (SSSR count). The van der Waals surface area contributed by atoms with Crippen LogP contribution in [0.15, 0.2) is 36.4 Å². The van der Waals surface area contributed by atoms with Crippen LogP contribution in [0.4, 0.5) is 14.5 Å².